The van der Waals surface area contributed by atoms with Gasteiger partial charge in [-0.3, -0.25) is 9.59 Å². The topological polar surface area (TPSA) is 52.6 Å². The molecule has 0 spiro atoms. The van der Waals surface area contributed by atoms with Crippen molar-refractivity contribution in [1.82, 2.24) is 0 Å². The molecule has 0 aliphatic carbocycles. The summed E-state index contributed by atoms with van der Waals surface area (Å²) in [6, 6.07) is 0. The minimum Gasteiger partial charge on any atom is -0.525 e. The van der Waals surface area contributed by atoms with Crippen LogP contribution in [0.4, 0.5) is 0 Å². The minimum atomic E-state index is -0.683. The first-order chi connectivity index (χ1) is 5.70. The first-order valence-electron chi connectivity index (χ1n) is 4.02. The summed E-state index contributed by atoms with van der Waals surface area (Å²) in [5, 5.41) is 0. The number of hydrogen-bond donors (Lipinski definition) is 0. The van der Waals surface area contributed by atoms with Crippen LogP contribution in [0.5, 0.6) is 0 Å². The molecule has 0 atom stereocenters. The van der Waals surface area contributed by atoms with Crippen molar-refractivity contribution in [1.29, 1.82) is 0 Å². The second-order valence-corrected chi connectivity index (χ2v) is 3.84. The lowest BCUT2D eigenvalue weighted by Gasteiger charge is -2.02. The van der Waals surface area contributed by atoms with E-state index in [1.54, 1.807) is 0 Å². The van der Waals surface area contributed by atoms with E-state index in [2.05, 4.69) is 0 Å². The Morgan fingerprint density at radius 2 is 1.33 bits per heavy atom. The first-order valence-corrected chi connectivity index (χ1v) is 8.00. The SMILES string of the molecule is C[SiH2]OC(=O)CCC(=O)O[SiH2]C. The Kier molecular flexibility index (Phi) is 6.68. The molecule has 0 saturated heterocycles. The van der Waals surface area contributed by atoms with Crippen LogP contribution in [-0.2, 0) is 18.4 Å². The normalized spacial score (nSPS) is 11.2. The Bertz CT molecular complexity index is 142. The molecule has 0 heterocycles. The lowest BCUT2D eigenvalue weighted by molar-refractivity contribution is -0.140. The third kappa shape index (κ3) is 6.11. The number of hydrogen-bond acceptors (Lipinski definition) is 4. The summed E-state index contributed by atoms with van der Waals surface area (Å²) in [5.41, 5.74) is 0. The average Bonchev–Trinajstić information content (AvgIpc) is 2.02. The Morgan fingerprint density at radius 3 is 1.58 bits per heavy atom. The van der Waals surface area contributed by atoms with Crippen molar-refractivity contribution in [2.24, 2.45) is 0 Å². The highest BCUT2D eigenvalue weighted by Crippen LogP contribution is 1.94. The summed E-state index contributed by atoms with van der Waals surface area (Å²) >= 11 is 0. The van der Waals surface area contributed by atoms with Crippen LogP contribution < -0.4 is 0 Å². The van der Waals surface area contributed by atoms with Gasteiger partial charge < -0.3 is 8.85 Å². The molecular weight excluding hydrogens is 192 g/mol. The predicted molar refractivity (Wildman–Crippen MR) is 50.2 cm³/mol. The fourth-order valence-corrected chi connectivity index (χ4v) is 1.60. The maximum Gasteiger partial charge on any atom is 0.292 e. The Labute approximate surface area is 76.5 Å². The lowest BCUT2D eigenvalue weighted by atomic mass is 10.3. The van der Waals surface area contributed by atoms with Crippen molar-refractivity contribution in [3.63, 3.8) is 0 Å². The Hall–Kier alpha value is -0.626. The van der Waals surface area contributed by atoms with Crippen molar-refractivity contribution >= 4 is 31.5 Å². The van der Waals surface area contributed by atoms with E-state index in [-0.39, 0.29) is 24.8 Å². The zero-order valence-electron chi connectivity index (χ0n) is 7.46. The molecule has 0 rings (SSSR count). The second kappa shape index (κ2) is 7.05. The molecule has 0 bridgehead atoms. The van der Waals surface area contributed by atoms with Crippen LogP contribution >= 0.6 is 0 Å². The molecular formula is C6H14O4Si2. The lowest BCUT2D eigenvalue weighted by Crippen LogP contribution is -2.11. The van der Waals surface area contributed by atoms with Gasteiger partial charge in [0.25, 0.3) is 11.9 Å². The standard InChI is InChI=1S/C6H14O4Si2/c1-11-9-5(7)3-4-6(8)10-12-2/h3-4,11-12H2,1-2H3. The van der Waals surface area contributed by atoms with Gasteiger partial charge in [0, 0.05) is 0 Å². The molecule has 4 nitrogen and oxygen atoms in total. The fraction of sp³-hybridized carbons (Fsp3) is 0.667. The van der Waals surface area contributed by atoms with Gasteiger partial charge in [-0.2, -0.15) is 0 Å². The first kappa shape index (κ1) is 11.4. The highest BCUT2D eigenvalue weighted by Gasteiger charge is 2.06. The van der Waals surface area contributed by atoms with E-state index < -0.39 is 19.5 Å². The molecule has 0 unspecified atom stereocenters. The summed E-state index contributed by atoms with van der Waals surface area (Å²) in [4.78, 5) is 21.5. The number of rotatable bonds is 5. The highest BCUT2D eigenvalue weighted by atomic mass is 28.2. The van der Waals surface area contributed by atoms with E-state index >= 15 is 0 Å². The second-order valence-electron chi connectivity index (χ2n) is 2.11. The van der Waals surface area contributed by atoms with Gasteiger partial charge >= 0.3 is 0 Å². The predicted octanol–water partition coefficient (Wildman–Crippen LogP) is -0.883. The largest absolute Gasteiger partial charge is 0.525 e. The Balaban J connectivity index is 3.40. The number of carbonyl (C=O) groups is 2. The monoisotopic (exact) mass is 206 g/mol. The van der Waals surface area contributed by atoms with E-state index in [1.165, 1.54) is 0 Å². The van der Waals surface area contributed by atoms with Gasteiger partial charge in [-0.15, -0.1) is 0 Å². The summed E-state index contributed by atoms with van der Waals surface area (Å²) in [6.07, 6.45) is 0.322. The molecule has 0 radical (unpaired) electrons. The highest BCUT2D eigenvalue weighted by molar-refractivity contribution is 6.29. The van der Waals surface area contributed by atoms with Crippen molar-refractivity contribution in [3.8, 4) is 0 Å². The van der Waals surface area contributed by atoms with Gasteiger partial charge in [0.1, 0.15) is 0 Å². The fourth-order valence-electron chi connectivity index (χ4n) is 0.670. The molecule has 0 fully saturated rings. The van der Waals surface area contributed by atoms with Crippen molar-refractivity contribution in [2.45, 2.75) is 25.9 Å². The van der Waals surface area contributed by atoms with Crippen molar-refractivity contribution in [3.05, 3.63) is 0 Å². The molecule has 0 aromatic carbocycles. The van der Waals surface area contributed by atoms with Gasteiger partial charge in [0.05, 0.1) is 12.8 Å². The van der Waals surface area contributed by atoms with Crippen LogP contribution in [0.1, 0.15) is 12.8 Å². The quantitative estimate of drug-likeness (QED) is 0.548. The summed E-state index contributed by atoms with van der Waals surface area (Å²) < 4.78 is 9.55. The maximum atomic E-state index is 10.8. The van der Waals surface area contributed by atoms with Crippen LogP contribution in [-0.4, -0.2) is 31.5 Å². The van der Waals surface area contributed by atoms with Gasteiger partial charge in [0.2, 0.25) is 19.5 Å². The van der Waals surface area contributed by atoms with Gasteiger partial charge in [0.15, 0.2) is 0 Å². The van der Waals surface area contributed by atoms with Crippen LogP contribution in [0.2, 0.25) is 13.1 Å². The molecule has 6 heteroatoms. The van der Waals surface area contributed by atoms with Gasteiger partial charge in [-0.25, -0.2) is 0 Å². The number of carbonyl (C=O) groups excluding carboxylic acids is 2. The van der Waals surface area contributed by atoms with E-state index in [1.807, 2.05) is 13.1 Å². The molecule has 0 aromatic heterocycles. The van der Waals surface area contributed by atoms with E-state index in [9.17, 15) is 9.59 Å². The van der Waals surface area contributed by atoms with Gasteiger partial charge in [-0.1, -0.05) is 0 Å². The summed E-state index contributed by atoms with van der Waals surface area (Å²) in [5.74, 6) is -0.558. The maximum absolute atomic E-state index is 10.8. The van der Waals surface area contributed by atoms with E-state index in [0.29, 0.717) is 0 Å². The molecule has 0 saturated carbocycles. The van der Waals surface area contributed by atoms with Crippen LogP contribution in [0.3, 0.4) is 0 Å². The van der Waals surface area contributed by atoms with Crippen LogP contribution in [0.25, 0.3) is 0 Å². The average molecular weight is 206 g/mol. The van der Waals surface area contributed by atoms with Crippen LogP contribution in [0.15, 0.2) is 0 Å². The molecule has 0 aliphatic rings. The minimum absolute atomic E-state index is 0.161. The molecule has 0 aromatic rings. The molecule has 0 N–H and O–H groups in total. The van der Waals surface area contributed by atoms with Crippen LogP contribution in [0, 0.1) is 0 Å². The molecule has 70 valence electrons. The zero-order valence-corrected chi connectivity index (χ0v) is 10.3. The van der Waals surface area contributed by atoms with Crippen molar-refractivity contribution < 1.29 is 18.4 Å². The summed E-state index contributed by atoms with van der Waals surface area (Å²) in [7, 11) is -1.37. The smallest absolute Gasteiger partial charge is 0.292 e. The molecule has 0 aliphatic heterocycles. The van der Waals surface area contributed by atoms with Crippen molar-refractivity contribution in [2.75, 3.05) is 0 Å². The van der Waals surface area contributed by atoms with E-state index in [0.717, 1.165) is 0 Å². The zero-order chi connectivity index (χ0) is 9.40. The van der Waals surface area contributed by atoms with E-state index in [4.69, 9.17) is 8.85 Å². The third-order valence-electron chi connectivity index (χ3n) is 1.14. The molecule has 12 heavy (non-hydrogen) atoms. The Morgan fingerprint density at radius 1 is 1.00 bits per heavy atom. The van der Waals surface area contributed by atoms with Gasteiger partial charge in [-0.05, 0) is 13.1 Å². The molecule has 0 amide bonds. The summed E-state index contributed by atoms with van der Waals surface area (Å²) in [6.45, 7) is 3.74. The third-order valence-corrected chi connectivity index (χ3v) is 2.37.